The Balaban J connectivity index is 1.48. The van der Waals surface area contributed by atoms with Crippen LogP contribution in [0.15, 0.2) is 36.4 Å². The highest BCUT2D eigenvalue weighted by molar-refractivity contribution is 5.90. The van der Waals surface area contributed by atoms with Crippen molar-refractivity contribution >= 4 is 11.6 Å². The number of fused-ring (bicyclic) bond motifs is 1. The van der Waals surface area contributed by atoms with E-state index < -0.39 is 0 Å². The number of carbonyl (C=O) groups excluding carboxylic acids is 1. The van der Waals surface area contributed by atoms with Crippen LogP contribution >= 0.6 is 0 Å². The summed E-state index contributed by atoms with van der Waals surface area (Å²) in [6.07, 6.45) is 9.04. The Hall–Kier alpha value is -1.61. The third-order valence-electron chi connectivity index (χ3n) is 4.69. The van der Waals surface area contributed by atoms with Gasteiger partial charge in [-0.05, 0) is 50.8 Å². The number of allylic oxidation sites excluding steroid dienone is 1. The number of nitrogens with one attached hydrogen (secondary N) is 1. The van der Waals surface area contributed by atoms with Gasteiger partial charge in [0.25, 0.3) is 0 Å². The molecule has 0 saturated carbocycles. The Morgan fingerprint density at radius 1 is 1.29 bits per heavy atom. The second kappa shape index (κ2) is 6.44. The summed E-state index contributed by atoms with van der Waals surface area (Å²) in [6, 6.07) is 8.54. The molecular weight excluding hydrogens is 260 g/mol. The molecule has 3 heteroatoms. The van der Waals surface area contributed by atoms with E-state index in [1.54, 1.807) is 0 Å². The first-order valence-electron chi connectivity index (χ1n) is 7.99. The molecule has 1 heterocycles. The average Bonchev–Trinajstić information content (AvgIpc) is 2.91. The van der Waals surface area contributed by atoms with Crippen LogP contribution in [0, 0.1) is 12.8 Å². The molecule has 3 nitrogen and oxygen atoms in total. The van der Waals surface area contributed by atoms with Crippen LogP contribution in [-0.4, -0.2) is 29.9 Å². The molecule has 2 unspecified atom stereocenters. The van der Waals surface area contributed by atoms with Crippen LogP contribution in [-0.2, 0) is 4.79 Å². The molecule has 0 spiro atoms. The maximum atomic E-state index is 12.1. The number of nitrogens with zero attached hydrogens (tertiary/aromatic N) is 1. The van der Waals surface area contributed by atoms with Crippen LogP contribution in [0.1, 0.15) is 31.2 Å². The predicted octanol–water partition coefficient (Wildman–Crippen LogP) is 3.36. The average molecular weight is 284 g/mol. The first-order valence-corrected chi connectivity index (χ1v) is 7.99. The standard InChI is InChI=1S/C18H24N2O/c1-14-6-8-16(9-7-14)19-18(21)11-13-20-12-10-15-4-2-3-5-17(15)20/h3,5-9,15,17H,2,4,10-13H2,1H3,(H,19,21). The number of anilines is 1. The van der Waals surface area contributed by atoms with E-state index in [2.05, 4.69) is 22.4 Å². The lowest BCUT2D eigenvalue weighted by atomic mass is 9.90. The van der Waals surface area contributed by atoms with Gasteiger partial charge < -0.3 is 5.32 Å². The Kier molecular flexibility index (Phi) is 4.39. The molecule has 1 aliphatic carbocycles. The summed E-state index contributed by atoms with van der Waals surface area (Å²) >= 11 is 0. The summed E-state index contributed by atoms with van der Waals surface area (Å²) in [5, 5.41) is 2.98. The second-order valence-corrected chi connectivity index (χ2v) is 6.25. The molecule has 1 fully saturated rings. The van der Waals surface area contributed by atoms with Crippen molar-refractivity contribution in [2.75, 3.05) is 18.4 Å². The van der Waals surface area contributed by atoms with Crippen molar-refractivity contribution in [1.29, 1.82) is 0 Å². The zero-order valence-electron chi connectivity index (χ0n) is 12.7. The zero-order chi connectivity index (χ0) is 14.7. The van der Waals surface area contributed by atoms with Crippen LogP contribution in [0.2, 0.25) is 0 Å². The molecule has 2 atom stereocenters. The zero-order valence-corrected chi connectivity index (χ0v) is 12.7. The number of hydrogen-bond acceptors (Lipinski definition) is 2. The highest BCUT2D eigenvalue weighted by Crippen LogP contribution is 2.32. The van der Waals surface area contributed by atoms with E-state index >= 15 is 0 Å². The fourth-order valence-corrected chi connectivity index (χ4v) is 3.46. The SMILES string of the molecule is Cc1ccc(NC(=O)CCN2CCC3CCC=CC32)cc1. The third-order valence-corrected chi connectivity index (χ3v) is 4.69. The normalized spacial score (nSPS) is 24.8. The predicted molar refractivity (Wildman–Crippen MR) is 86.3 cm³/mol. The minimum absolute atomic E-state index is 0.113. The lowest BCUT2D eigenvalue weighted by Crippen LogP contribution is -2.34. The maximum absolute atomic E-state index is 12.1. The van der Waals surface area contributed by atoms with Gasteiger partial charge >= 0.3 is 0 Å². The molecule has 1 amide bonds. The minimum Gasteiger partial charge on any atom is -0.326 e. The van der Waals surface area contributed by atoms with Crippen LogP contribution in [0.25, 0.3) is 0 Å². The molecule has 1 saturated heterocycles. The second-order valence-electron chi connectivity index (χ2n) is 6.25. The summed E-state index contributed by atoms with van der Waals surface area (Å²) in [7, 11) is 0. The summed E-state index contributed by atoms with van der Waals surface area (Å²) < 4.78 is 0. The maximum Gasteiger partial charge on any atom is 0.225 e. The van der Waals surface area contributed by atoms with Crippen LogP contribution < -0.4 is 5.32 Å². The lowest BCUT2D eigenvalue weighted by Gasteiger charge is -2.27. The molecule has 1 aromatic carbocycles. The van der Waals surface area contributed by atoms with Gasteiger partial charge in [-0.25, -0.2) is 0 Å². The van der Waals surface area contributed by atoms with E-state index in [1.165, 1.54) is 24.8 Å². The molecule has 0 aromatic heterocycles. The highest BCUT2D eigenvalue weighted by atomic mass is 16.1. The third kappa shape index (κ3) is 3.53. The lowest BCUT2D eigenvalue weighted by molar-refractivity contribution is -0.116. The van der Waals surface area contributed by atoms with Crippen molar-refractivity contribution in [3.63, 3.8) is 0 Å². The molecule has 2 aliphatic rings. The largest absolute Gasteiger partial charge is 0.326 e. The van der Waals surface area contributed by atoms with Crippen molar-refractivity contribution in [2.24, 2.45) is 5.92 Å². The molecule has 3 rings (SSSR count). The van der Waals surface area contributed by atoms with E-state index in [9.17, 15) is 4.79 Å². The molecule has 0 radical (unpaired) electrons. The Morgan fingerprint density at radius 3 is 2.90 bits per heavy atom. The van der Waals surface area contributed by atoms with Crippen molar-refractivity contribution in [2.45, 2.75) is 38.6 Å². The van der Waals surface area contributed by atoms with Crippen LogP contribution in [0.5, 0.6) is 0 Å². The van der Waals surface area contributed by atoms with Gasteiger partial charge in [-0.3, -0.25) is 9.69 Å². The van der Waals surface area contributed by atoms with E-state index in [0.717, 1.165) is 24.7 Å². The Bertz CT molecular complexity index is 521. The number of benzene rings is 1. The van der Waals surface area contributed by atoms with E-state index in [0.29, 0.717) is 12.5 Å². The smallest absolute Gasteiger partial charge is 0.225 e. The molecule has 1 N–H and O–H groups in total. The quantitative estimate of drug-likeness (QED) is 0.860. The van der Waals surface area contributed by atoms with Gasteiger partial charge in [0.15, 0.2) is 0 Å². The van der Waals surface area contributed by atoms with Crippen molar-refractivity contribution < 1.29 is 4.79 Å². The first-order chi connectivity index (χ1) is 10.2. The number of rotatable bonds is 4. The molecule has 112 valence electrons. The van der Waals surface area contributed by atoms with Crippen molar-refractivity contribution in [1.82, 2.24) is 4.90 Å². The first kappa shape index (κ1) is 14.3. The molecule has 1 aromatic rings. The van der Waals surface area contributed by atoms with Gasteiger partial charge in [-0.1, -0.05) is 29.8 Å². The van der Waals surface area contributed by atoms with Gasteiger partial charge in [0.05, 0.1) is 0 Å². The Labute approximate surface area is 127 Å². The Morgan fingerprint density at radius 2 is 2.10 bits per heavy atom. The van der Waals surface area contributed by atoms with Crippen molar-refractivity contribution in [3.8, 4) is 0 Å². The molecular formula is C18H24N2O. The topological polar surface area (TPSA) is 32.3 Å². The van der Waals surface area contributed by atoms with Gasteiger partial charge in [0.1, 0.15) is 0 Å². The number of carbonyl (C=O) groups is 1. The highest BCUT2D eigenvalue weighted by Gasteiger charge is 2.33. The van der Waals surface area contributed by atoms with E-state index in [1.807, 2.05) is 31.2 Å². The molecule has 21 heavy (non-hydrogen) atoms. The fourth-order valence-electron chi connectivity index (χ4n) is 3.46. The molecule has 1 aliphatic heterocycles. The summed E-state index contributed by atoms with van der Waals surface area (Å²) in [6.45, 7) is 4.05. The monoisotopic (exact) mass is 284 g/mol. The van der Waals surface area contributed by atoms with Gasteiger partial charge in [-0.15, -0.1) is 0 Å². The minimum atomic E-state index is 0.113. The van der Waals surface area contributed by atoms with Crippen LogP contribution in [0.4, 0.5) is 5.69 Å². The molecule has 0 bridgehead atoms. The van der Waals surface area contributed by atoms with Crippen LogP contribution in [0.3, 0.4) is 0 Å². The van der Waals surface area contributed by atoms with Gasteiger partial charge in [-0.2, -0.15) is 0 Å². The number of likely N-dealkylation sites (tertiary alicyclic amines) is 1. The number of aryl methyl sites for hydroxylation is 1. The van der Waals surface area contributed by atoms with Crippen molar-refractivity contribution in [3.05, 3.63) is 42.0 Å². The van der Waals surface area contributed by atoms with E-state index in [-0.39, 0.29) is 5.91 Å². The number of hydrogen-bond donors (Lipinski definition) is 1. The van der Waals surface area contributed by atoms with Gasteiger partial charge in [0, 0.05) is 24.7 Å². The summed E-state index contributed by atoms with van der Waals surface area (Å²) in [5.41, 5.74) is 2.10. The fraction of sp³-hybridized carbons (Fsp3) is 0.500. The van der Waals surface area contributed by atoms with E-state index in [4.69, 9.17) is 0 Å². The van der Waals surface area contributed by atoms with Gasteiger partial charge in [0.2, 0.25) is 5.91 Å². The number of amides is 1. The summed E-state index contributed by atoms with van der Waals surface area (Å²) in [4.78, 5) is 14.5. The summed E-state index contributed by atoms with van der Waals surface area (Å²) in [5.74, 6) is 0.928.